The fraction of sp³-hybridized carbons (Fsp3) is 0.250. The summed E-state index contributed by atoms with van der Waals surface area (Å²) in [6, 6.07) is 6.80. The fourth-order valence-corrected chi connectivity index (χ4v) is 1.09. The van der Waals surface area contributed by atoms with Crippen LogP contribution in [0, 0.1) is 0 Å². The first kappa shape index (κ1) is 11.3. The van der Waals surface area contributed by atoms with Gasteiger partial charge in [-0.25, -0.2) is 0 Å². The van der Waals surface area contributed by atoms with Gasteiger partial charge >= 0.3 is 0 Å². The molecule has 0 radical (unpaired) electrons. The summed E-state index contributed by atoms with van der Waals surface area (Å²) in [5, 5.41) is 11.8. The maximum Gasteiger partial charge on any atom is 0.244 e. The molecule has 0 aliphatic carbocycles. The lowest BCUT2D eigenvalue weighted by Gasteiger charge is -2.03. The van der Waals surface area contributed by atoms with E-state index in [1.54, 1.807) is 30.3 Å². The van der Waals surface area contributed by atoms with Crippen LogP contribution in [0.25, 0.3) is 6.08 Å². The highest BCUT2D eigenvalue weighted by molar-refractivity contribution is 5.91. The summed E-state index contributed by atoms with van der Waals surface area (Å²) >= 11 is 0. The number of benzene rings is 1. The van der Waals surface area contributed by atoms with Crippen LogP contribution in [0.4, 0.5) is 0 Å². The predicted octanol–water partition coefficient (Wildman–Crippen LogP) is 1.93. The number of carbonyl (C=O) groups excluding carboxylic acids is 1. The molecule has 1 aromatic carbocycles. The van der Waals surface area contributed by atoms with E-state index in [0.717, 1.165) is 5.56 Å². The molecule has 3 nitrogen and oxygen atoms in total. The minimum atomic E-state index is -0.113. The second-order valence-corrected chi connectivity index (χ2v) is 3.59. The number of aromatic hydroxyl groups is 1. The van der Waals surface area contributed by atoms with Crippen LogP contribution in [0.5, 0.6) is 5.75 Å². The van der Waals surface area contributed by atoms with Gasteiger partial charge in [-0.2, -0.15) is 0 Å². The number of rotatable bonds is 3. The molecule has 80 valence electrons. The Morgan fingerprint density at radius 2 is 1.93 bits per heavy atom. The summed E-state index contributed by atoms with van der Waals surface area (Å²) in [6.45, 7) is 3.82. The van der Waals surface area contributed by atoms with Gasteiger partial charge in [0.25, 0.3) is 0 Å². The van der Waals surface area contributed by atoms with Crippen molar-refractivity contribution in [2.75, 3.05) is 0 Å². The molecule has 2 N–H and O–H groups in total. The number of nitrogens with one attached hydrogen (secondary N) is 1. The van der Waals surface area contributed by atoms with Crippen LogP contribution in [0.1, 0.15) is 19.4 Å². The molecule has 0 spiro atoms. The second-order valence-electron chi connectivity index (χ2n) is 3.59. The molecule has 0 fully saturated rings. The van der Waals surface area contributed by atoms with Gasteiger partial charge in [-0.05, 0) is 37.6 Å². The summed E-state index contributed by atoms with van der Waals surface area (Å²) in [5.74, 6) is 0.108. The zero-order chi connectivity index (χ0) is 11.3. The van der Waals surface area contributed by atoms with Gasteiger partial charge in [-0.3, -0.25) is 4.79 Å². The maximum atomic E-state index is 11.2. The predicted molar refractivity (Wildman–Crippen MR) is 60.4 cm³/mol. The lowest BCUT2D eigenvalue weighted by Crippen LogP contribution is -2.28. The van der Waals surface area contributed by atoms with Gasteiger partial charge in [0, 0.05) is 12.1 Å². The van der Waals surface area contributed by atoms with Crippen LogP contribution in [-0.4, -0.2) is 17.1 Å². The number of hydrogen-bond acceptors (Lipinski definition) is 2. The van der Waals surface area contributed by atoms with Crippen molar-refractivity contribution in [3.05, 3.63) is 35.9 Å². The Bertz CT molecular complexity index is 352. The first-order valence-corrected chi connectivity index (χ1v) is 4.85. The first-order chi connectivity index (χ1) is 7.08. The quantitative estimate of drug-likeness (QED) is 0.741. The third-order valence-corrected chi connectivity index (χ3v) is 1.75. The van der Waals surface area contributed by atoms with Gasteiger partial charge in [0.15, 0.2) is 0 Å². The first-order valence-electron chi connectivity index (χ1n) is 4.85. The Morgan fingerprint density at radius 1 is 1.33 bits per heavy atom. The van der Waals surface area contributed by atoms with E-state index in [1.165, 1.54) is 6.08 Å². The molecule has 15 heavy (non-hydrogen) atoms. The minimum absolute atomic E-state index is 0.113. The van der Waals surface area contributed by atoms with Gasteiger partial charge in [0.05, 0.1) is 0 Å². The second kappa shape index (κ2) is 5.20. The van der Waals surface area contributed by atoms with Gasteiger partial charge in [-0.15, -0.1) is 0 Å². The van der Waals surface area contributed by atoms with E-state index in [9.17, 15) is 4.79 Å². The Labute approximate surface area is 89.4 Å². The highest BCUT2D eigenvalue weighted by atomic mass is 16.3. The number of hydrogen-bond donors (Lipinski definition) is 2. The molecule has 0 saturated heterocycles. The largest absolute Gasteiger partial charge is 0.508 e. The van der Waals surface area contributed by atoms with E-state index in [4.69, 9.17) is 5.11 Å². The van der Waals surface area contributed by atoms with E-state index in [-0.39, 0.29) is 17.7 Å². The van der Waals surface area contributed by atoms with Gasteiger partial charge < -0.3 is 10.4 Å². The average molecular weight is 205 g/mol. The van der Waals surface area contributed by atoms with Crippen molar-refractivity contribution in [3.8, 4) is 5.75 Å². The zero-order valence-electron chi connectivity index (χ0n) is 8.90. The molecule has 0 saturated carbocycles. The lowest BCUT2D eigenvalue weighted by atomic mass is 10.2. The Balaban J connectivity index is 2.57. The van der Waals surface area contributed by atoms with Gasteiger partial charge in [0.2, 0.25) is 5.91 Å². The topological polar surface area (TPSA) is 49.3 Å². The normalized spacial score (nSPS) is 10.9. The molecule has 3 heteroatoms. The molecule has 1 aromatic rings. The zero-order valence-corrected chi connectivity index (χ0v) is 8.90. The molecule has 1 amide bonds. The van der Waals surface area contributed by atoms with Crippen LogP contribution in [0.15, 0.2) is 30.3 Å². The van der Waals surface area contributed by atoms with Crippen LogP contribution >= 0.6 is 0 Å². The Morgan fingerprint density at radius 3 is 2.47 bits per heavy atom. The SMILES string of the molecule is CC(C)NC(=O)/C=C/c1ccc(O)cc1. The van der Waals surface area contributed by atoms with E-state index >= 15 is 0 Å². The van der Waals surface area contributed by atoms with Crippen molar-refractivity contribution in [2.24, 2.45) is 0 Å². The molecule has 0 aromatic heterocycles. The van der Waals surface area contributed by atoms with Gasteiger partial charge in [0.1, 0.15) is 5.75 Å². The van der Waals surface area contributed by atoms with E-state index in [1.807, 2.05) is 13.8 Å². The van der Waals surface area contributed by atoms with Crippen molar-refractivity contribution >= 4 is 12.0 Å². The van der Waals surface area contributed by atoms with Crippen molar-refractivity contribution in [3.63, 3.8) is 0 Å². The summed E-state index contributed by atoms with van der Waals surface area (Å²) in [6.07, 6.45) is 3.18. The smallest absolute Gasteiger partial charge is 0.244 e. The average Bonchev–Trinajstić information content (AvgIpc) is 2.16. The Kier molecular flexibility index (Phi) is 3.92. The minimum Gasteiger partial charge on any atom is -0.508 e. The molecule has 0 heterocycles. The summed E-state index contributed by atoms with van der Waals surface area (Å²) < 4.78 is 0. The molecule has 0 atom stereocenters. The van der Waals surface area contributed by atoms with Crippen LogP contribution < -0.4 is 5.32 Å². The highest BCUT2D eigenvalue weighted by Gasteiger charge is 1.97. The third-order valence-electron chi connectivity index (χ3n) is 1.75. The van der Waals surface area contributed by atoms with Crippen molar-refractivity contribution < 1.29 is 9.90 Å². The third kappa shape index (κ3) is 4.31. The van der Waals surface area contributed by atoms with Crippen molar-refractivity contribution in [2.45, 2.75) is 19.9 Å². The van der Waals surface area contributed by atoms with Crippen molar-refractivity contribution in [1.82, 2.24) is 5.32 Å². The summed E-state index contributed by atoms with van der Waals surface area (Å²) in [7, 11) is 0. The van der Waals surface area contributed by atoms with Crippen LogP contribution in [0.2, 0.25) is 0 Å². The molecular weight excluding hydrogens is 190 g/mol. The number of phenols is 1. The van der Waals surface area contributed by atoms with Crippen LogP contribution in [-0.2, 0) is 4.79 Å². The number of carbonyl (C=O) groups is 1. The molecule has 0 aliphatic rings. The standard InChI is InChI=1S/C12H15NO2/c1-9(2)13-12(15)8-5-10-3-6-11(14)7-4-10/h3-9,14H,1-2H3,(H,13,15)/b8-5+. The van der Waals surface area contributed by atoms with Crippen molar-refractivity contribution in [1.29, 1.82) is 0 Å². The van der Waals surface area contributed by atoms with E-state index < -0.39 is 0 Å². The van der Waals surface area contributed by atoms with E-state index in [2.05, 4.69) is 5.32 Å². The van der Waals surface area contributed by atoms with Gasteiger partial charge in [-0.1, -0.05) is 12.1 Å². The Hall–Kier alpha value is -1.77. The van der Waals surface area contributed by atoms with E-state index in [0.29, 0.717) is 0 Å². The summed E-state index contributed by atoms with van der Waals surface area (Å²) in [4.78, 5) is 11.2. The molecule has 1 rings (SSSR count). The summed E-state index contributed by atoms with van der Waals surface area (Å²) in [5.41, 5.74) is 0.881. The monoisotopic (exact) mass is 205 g/mol. The number of amides is 1. The highest BCUT2D eigenvalue weighted by Crippen LogP contribution is 2.10. The lowest BCUT2D eigenvalue weighted by molar-refractivity contribution is -0.116. The fourth-order valence-electron chi connectivity index (χ4n) is 1.09. The molecule has 0 unspecified atom stereocenters. The molecule has 0 bridgehead atoms. The number of phenolic OH excluding ortho intramolecular Hbond substituents is 1. The van der Waals surface area contributed by atoms with Crippen LogP contribution in [0.3, 0.4) is 0 Å². The molecule has 0 aliphatic heterocycles. The maximum absolute atomic E-state index is 11.2. The molecular formula is C12H15NO2.